The van der Waals surface area contributed by atoms with E-state index in [2.05, 4.69) is 5.32 Å². The first-order valence-corrected chi connectivity index (χ1v) is 4.32. The third-order valence-electron chi connectivity index (χ3n) is 1.61. The van der Waals surface area contributed by atoms with E-state index in [9.17, 15) is 14.0 Å². The van der Waals surface area contributed by atoms with Crippen LogP contribution in [0.1, 0.15) is 25.7 Å². The molecule has 0 radical (unpaired) electrons. The predicted octanol–water partition coefficient (Wildman–Crippen LogP) is 0.334. The Labute approximate surface area is 76.9 Å². The number of rotatable bonds is 9. The third kappa shape index (κ3) is 8.78. The van der Waals surface area contributed by atoms with Crippen molar-refractivity contribution in [2.24, 2.45) is 0 Å². The molecular weight excluding hydrogens is 175 g/mol. The van der Waals surface area contributed by atoms with E-state index in [1.807, 2.05) is 5.32 Å². The summed E-state index contributed by atoms with van der Waals surface area (Å²) in [5, 5.41) is 4.54. The molecule has 0 aliphatic carbocycles. The van der Waals surface area contributed by atoms with Gasteiger partial charge in [0, 0.05) is 6.54 Å². The van der Waals surface area contributed by atoms with Crippen molar-refractivity contribution in [2.75, 3.05) is 6.54 Å². The minimum Gasteiger partial charge on any atom is -0.359 e. The zero-order valence-corrected chi connectivity index (χ0v) is 7.46. The molecule has 0 aromatic heterocycles. The van der Waals surface area contributed by atoms with Crippen LogP contribution in [0.4, 0.5) is 4.39 Å². The van der Waals surface area contributed by atoms with Gasteiger partial charge in [-0.15, -0.1) is 0 Å². The maximum absolute atomic E-state index is 12.6. The number of alkyl halides is 1. The molecule has 0 saturated carbocycles. The van der Waals surface area contributed by atoms with Crippen molar-refractivity contribution >= 4 is 12.8 Å². The van der Waals surface area contributed by atoms with Crippen LogP contribution in [-0.4, -0.2) is 25.7 Å². The lowest BCUT2D eigenvalue weighted by molar-refractivity contribution is -0.111. The zero-order valence-electron chi connectivity index (χ0n) is 7.46. The molecule has 1 atom stereocenters. The summed E-state index contributed by atoms with van der Waals surface area (Å²) >= 11 is 0. The van der Waals surface area contributed by atoms with E-state index in [1.165, 1.54) is 0 Å². The zero-order chi connectivity index (χ0) is 9.94. The Hall–Kier alpha value is -1.13. The molecule has 0 aliphatic rings. The first-order valence-electron chi connectivity index (χ1n) is 4.32. The fourth-order valence-corrected chi connectivity index (χ4v) is 0.943. The highest BCUT2D eigenvalue weighted by Crippen LogP contribution is 2.03. The lowest BCUT2D eigenvalue weighted by Gasteiger charge is -2.05. The van der Waals surface area contributed by atoms with Crippen LogP contribution < -0.4 is 10.6 Å². The van der Waals surface area contributed by atoms with Gasteiger partial charge in [-0.1, -0.05) is 6.42 Å². The van der Waals surface area contributed by atoms with Crippen LogP contribution >= 0.6 is 0 Å². The maximum Gasteiger partial charge on any atom is 0.209 e. The third-order valence-corrected chi connectivity index (χ3v) is 1.61. The van der Waals surface area contributed by atoms with Gasteiger partial charge in [-0.05, 0) is 19.3 Å². The minimum absolute atomic E-state index is 0.333. The van der Waals surface area contributed by atoms with E-state index < -0.39 is 6.30 Å². The highest BCUT2D eigenvalue weighted by Gasteiger charge is 2.02. The largest absolute Gasteiger partial charge is 0.359 e. The van der Waals surface area contributed by atoms with Crippen LogP contribution in [0.2, 0.25) is 0 Å². The number of carbonyl (C=O) groups is 2. The van der Waals surface area contributed by atoms with Crippen molar-refractivity contribution in [1.82, 2.24) is 10.6 Å². The molecule has 4 nitrogen and oxygen atoms in total. The van der Waals surface area contributed by atoms with Crippen molar-refractivity contribution in [3.05, 3.63) is 0 Å². The van der Waals surface area contributed by atoms with Crippen LogP contribution in [0, 0.1) is 0 Å². The summed E-state index contributed by atoms with van der Waals surface area (Å²) in [5.41, 5.74) is 0. The molecule has 0 bridgehead atoms. The Balaban J connectivity index is 3.05. The van der Waals surface area contributed by atoms with Crippen LogP contribution in [0.25, 0.3) is 0 Å². The molecular formula is C8H15FN2O2. The smallest absolute Gasteiger partial charge is 0.209 e. The molecule has 0 rings (SSSR count). The van der Waals surface area contributed by atoms with Crippen LogP contribution in [0.5, 0.6) is 0 Å². The van der Waals surface area contributed by atoms with Gasteiger partial charge in [0.15, 0.2) is 6.30 Å². The summed E-state index contributed by atoms with van der Waals surface area (Å²) in [6.45, 7) is 0.627. The number of amides is 2. The second-order valence-corrected chi connectivity index (χ2v) is 2.67. The molecule has 76 valence electrons. The van der Waals surface area contributed by atoms with Gasteiger partial charge in [0.05, 0.1) is 0 Å². The molecule has 0 spiro atoms. The van der Waals surface area contributed by atoms with E-state index in [0.717, 1.165) is 12.8 Å². The van der Waals surface area contributed by atoms with E-state index in [-0.39, 0.29) is 0 Å². The number of hydrogen-bond donors (Lipinski definition) is 2. The van der Waals surface area contributed by atoms with Crippen molar-refractivity contribution in [1.29, 1.82) is 0 Å². The predicted molar refractivity (Wildman–Crippen MR) is 46.6 cm³/mol. The minimum atomic E-state index is -1.24. The Morgan fingerprint density at radius 2 is 1.92 bits per heavy atom. The maximum atomic E-state index is 12.6. The Kier molecular flexibility index (Phi) is 8.18. The quantitative estimate of drug-likeness (QED) is 0.313. The molecule has 1 unspecified atom stereocenters. The van der Waals surface area contributed by atoms with Gasteiger partial charge in [0.2, 0.25) is 12.8 Å². The van der Waals surface area contributed by atoms with E-state index >= 15 is 0 Å². The monoisotopic (exact) mass is 190 g/mol. The number of unbranched alkanes of at least 4 members (excludes halogenated alkanes) is 2. The number of nitrogens with one attached hydrogen (secondary N) is 2. The first kappa shape index (κ1) is 11.9. The Morgan fingerprint density at radius 3 is 2.54 bits per heavy atom. The summed E-state index contributed by atoms with van der Waals surface area (Å²) in [6.07, 6.45) is 2.50. The number of halogens is 1. The van der Waals surface area contributed by atoms with Crippen molar-refractivity contribution in [3.63, 3.8) is 0 Å². The fourth-order valence-electron chi connectivity index (χ4n) is 0.943. The van der Waals surface area contributed by atoms with Crippen LogP contribution in [-0.2, 0) is 9.59 Å². The second kappa shape index (κ2) is 8.96. The van der Waals surface area contributed by atoms with Crippen LogP contribution in [0.15, 0.2) is 0 Å². The van der Waals surface area contributed by atoms with Gasteiger partial charge in [0.25, 0.3) is 0 Å². The molecule has 0 aromatic carbocycles. The van der Waals surface area contributed by atoms with Gasteiger partial charge in [0.1, 0.15) is 0 Å². The summed E-state index contributed by atoms with van der Waals surface area (Å²) in [6, 6.07) is 0. The molecule has 0 heterocycles. The highest BCUT2D eigenvalue weighted by molar-refractivity contribution is 5.46. The van der Waals surface area contributed by atoms with E-state index in [0.29, 0.717) is 32.2 Å². The van der Waals surface area contributed by atoms with E-state index in [1.54, 1.807) is 0 Å². The Morgan fingerprint density at radius 1 is 1.15 bits per heavy atom. The molecule has 0 fully saturated rings. The molecule has 2 N–H and O–H groups in total. The van der Waals surface area contributed by atoms with E-state index in [4.69, 9.17) is 0 Å². The molecule has 0 aromatic rings. The lowest BCUT2D eigenvalue weighted by Crippen LogP contribution is -2.22. The topological polar surface area (TPSA) is 58.2 Å². The lowest BCUT2D eigenvalue weighted by atomic mass is 10.2. The van der Waals surface area contributed by atoms with Crippen molar-refractivity contribution in [3.8, 4) is 0 Å². The summed E-state index contributed by atoms with van der Waals surface area (Å²) in [4.78, 5) is 19.6. The molecule has 5 heteroatoms. The number of carbonyl (C=O) groups excluding carboxylic acids is 2. The standard InChI is InChI=1S/C8H15FN2O2/c9-8(11-7-13)4-2-1-3-5-10-6-12/h6-8H,1-5H2,(H,10,12)(H,11,13). The first-order chi connectivity index (χ1) is 6.31. The summed E-state index contributed by atoms with van der Waals surface area (Å²) < 4.78 is 12.6. The normalized spacial score (nSPS) is 11.8. The van der Waals surface area contributed by atoms with Crippen LogP contribution in [0.3, 0.4) is 0 Å². The highest BCUT2D eigenvalue weighted by atomic mass is 19.1. The summed E-state index contributed by atoms with van der Waals surface area (Å²) in [5.74, 6) is 0. The second-order valence-electron chi connectivity index (χ2n) is 2.67. The van der Waals surface area contributed by atoms with Gasteiger partial charge in [-0.3, -0.25) is 9.59 Å². The number of hydrogen-bond acceptors (Lipinski definition) is 2. The van der Waals surface area contributed by atoms with Gasteiger partial charge < -0.3 is 10.6 Å². The molecule has 0 saturated heterocycles. The van der Waals surface area contributed by atoms with Gasteiger partial charge >= 0.3 is 0 Å². The Bertz CT molecular complexity index is 144. The average Bonchev–Trinajstić information content (AvgIpc) is 2.11. The molecule has 13 heavy (non-hydrogen) atoms. The fraction of sp³-hybridized carbons (Fsp3) is 0.750. The summed E-state index contributed by atoms with van der Waals surface area (Å²) in [7, 11) is 0. The SMILES string of the molecule is O=CNCCCCCC(F)NC=O. The van der Waals surface area contributed by atoms with Gasteiger partial charge in [-0.2, -0.15) is 0 Å². The molecule has 2 amide bonds. The van der Waals surface area contributed by atoms with Gasteiger partial charge in [-0.25, -0.2) is 4.39 Å². The molecule has 0 aliphatic heterocycles. The average molecular weight is 190 g/mol. The van der Waals surface area contributed by atoms with Crippen molar-refractivity contribution < 1.29 is 14.0 Å². The van der Waals surface area contributed by atoms with Crippen molar-refractivity contribution in [2.45, 2.75) is 32.0 Å².